The first-order chi connectivity index (χ1) is 8.56. The van der Waals surface area contributed by atoms with Crippen LogP contribution in [0.4, 0.5) is 0 Å². The van der Waals surface area contributed by atoms with Gasteiger partial charge >= 0.3 is 0 Å². The van der Waals surface area contributed by atoms with E-state index in [0.29, 0.717) is 18.1 Å². The monoisotopic (exact) mass is 252 g/mol. The van der Waals surface area contributed by atoms with E-state index in [1.807, 2.05) is 6.92 Å². The lowest BCUT2D eigenvalue weighted by molar-refractivity contribution is -0.0261. The molecule has 4 nitrogen and oxygen atoms in total. The minimum Gasteiger partial charge on any atom is -0.444 e. The minimum atomic E-state index is 0.162. The Morgan fingerprint density at radius 2 is 2.17 bits per heavy atom. The maximum Gasteiger partial charge on any atom is 0.211 e. The molecular formula is C14H24N2O2. The van der Waals surface area contributed by atoms with E-state index < -0.39 is 0 Å². The van der Waals surface area contributed by atoms with Crippen LogP contribution in [0.25, 0.3) is 0 Å². The lowest BCUT2D eigenvalue weighted by Crippen LogP contribution is -2.41. The molecule has 0 bridgehead atoms. The molecule has 3 atom stereocenters. The van der Waals surface area contributed by atoms with Gasteiger partial charge in [0.15, 0.2) is 0 Å². The van der Waals surface area contributed by atoms with Gasteiger partial charge in [0.1, 0.15) is 5.76 Å². The second-order valence-corrected chi connectivity index (χ2v) is 5.57. The summed E-state index contributed by atoms with van der Waals surface area (Å²) in [6, 6.07) is 0.656. The molecule has 0 radical (unpaired) electrons. The topological polar surface area (TPSA) is 47.3 Å². The van der Waals surface area contributed by atoms with Gasteiger partial charge in [-0.3, -0.25) is 0 Å². The molecule has 1 aliphatic rings. The molecule has 3 unspecified atom stereocenters. The zero-order valence-electron chi connectivity index (χ0n) is 11.8. The Labute approximate surface area is 109 Å². The molecule has 1 saturated heterocycles. The highest BCUT2D eigenvalue weighted by Crippen LogP contribution is 2.22. The Balaban J connectivity index is 1.89. The summed E-state index contributed by atoms with van der Waals surface area (Å²) in [6.45, 7) is 9.30. The Hall–Kier alpha value is -0.870. The van der Waals surface area contributed by atoms with E-state index >= 15 is 0 Å². The van der Waals surface area contributed by atoms with Crippen molar-refractivity contribution >= 4 is 0 Å². The van der Waals surface area contributed by atoms with Gasteiger partial charge < -0.3 is 14.5 Å². The predicted octanol–water partition coefficient (Wildman–Crippen LogP) is 2.84. The van der Waals surface area contributed by atoms with Crippen molar-refractivity contribution in [1.82, 2.24) is 10.3 Å². The van der Waals surface area contributed by atoms with E-state index in [-0.39, 0.29) is 6.04 Å². The minimum absolute atomic E-state index is 0.162. The van der Waals surface area contributed by atoms with Crippen LogP contribution in [0.15, 0.2) is 10.6 Å². The van der Waals surface area contributed by atoms with Crippen LogP contribution < -0.4 is 5.32 Å². The average molecular weight is 252 g/mol. The van der Waals surface area contributed by atoms with Gasteiger partial charge in [-0.2, -0.15) is 0 Å². The van der Waals surface area contributed by atoms with Crippen LogP contribution in [0.2, 0.25) is 0 Å². The Kier molecular flexibility index (Phi) is 4.40. The summed E-state index contributed by atoms with van der Waals surface area (Å²) < 4.78 is 11.3. The number of nitrogens with one attached hydrogen (secondary N) is 1. The van der Waals surface area contributed by atoms with Crippen LogP contribution >= 0.6 is 0 Å². The maximum absolute atomic E-state index is 5.78. The number of nitrogens with zero attached hydrogens (tertiary/aromatic N) is 1. The van der Waals surface area contributed by atoms with Crippen LogP contribution in [-0.4, -0.2) is 23.7 Å². The second kappa shape index (κ2) is 5.85. The molecule has 2 heterocycles. The van der Waals surface area contributed by atoms with Gasteiger partial charge in [0, 0.05) is 12.6 Å². The van der Waals surface area contributed by atoms with E-state index in [2.05, 4.69) is 31.1 Å². The molecule has 0 aromatic carbocycles. The summed E-state index contributed by atoms with van der Waals surface area (Å²) >= 11 is 0. The summed E-state index contributed by atoms with van der Waals surface area (Å²) in [5.74, 6) is 2.22. The van der Waals surface area contributed by atoms with Crippen molar-refractivity contribution in [2.75, 3.05) is 6.61 Å². The van der Waals surface area contributed by atoms with Crippen LogP contribution in [-0.2, 0) is 4.74 Å². The van der Waals surface area contributed by atoms with E-state index in [1.165, 1.54) is 0 Å². The van der Waals surface area contributed by atoms with Crippen molar-refractivity contribution < 1.29 is 9.15 Å². The standard InChI is InChI=1S/C14H24N2O2/c1-9(2)13-7-12(5-6-17-13)16-11(4)14-15-8-10(3)18-14/h8-9,11-13,16H,5-7H2,1-4H3. The number of rotatable bonds is 4. The zero-order valence-corrected chi connectivity index (χ0v) is 11.8. The molecule has 0 amide bonds. The van der Waals surface area contributed by atoms with E-state index in [9.17, 15) is 0 Å². The van der Waals surface area contributed by atoms with Crippen LogP contribution in [0.3, 0.4) is 0 Å². The number of hydrogen-bond donors (Lipinski definition) is 1. The molecule has 2 rings (SSSR count). The number of aryl methyl sites for hydroxylation is 1. The van der Waals surface area contributed by atoms with Gasteiger partial charge in [0.05, 0.1) is 18.3 Å². The van der Waals surface area contributed by atoms with Crippen LogP contribution in [0.5, 0.6) is 0 Å². The second-order valence-electron chi connectivity index (χ2n) is 5.57. The molecule has 1 fully saturated rings. The highest BCUT2D eigenvalue weighted by atomic mass is 16.5. The maximum atomic E-state index is 5.78. The Morgan fingerprint density at radius 3 is 2.78 bits per heavy atom. The van der Waals surface area contributed by atoms with Gasteiger partial charge in [-0.05, 0) is 32.6 Å². The lowest BCUT2D eigenvalue weighted by atomic mass is 9.95. The molecule has 0 saturated carbocycles. The van der Waals surface area contributed by atoms with Crippen molar-refractivity contribution in [3.8, 4) is 0 Å². The first kappa shape index (κ1) is 13.6. The smallest absolute Gasteiger partial charge is 0.211 e. The number of oxazole rings is 1. The first-order valence-corrected chi connectivity index (χ1v) is 6.86. The predicted molar refractivity (Wildman–Crippen MR) is 70.4 cm³/mol. The Bertz CT molecular complexity index is 376. The first-order valence-electron chi connectivity index (χ1n) is 6.86. The molecule has 1 N–H and O–H groups in total. The van der Waals surface area contributed by atoms with Gasteiger partial charge in [0.2, 0.25) is 5.89 Å². The fourth-order valence-electron chi connectivity index (χ4n) is 2.44. The van der Waals surface area contributed by atoms with Gasteiger partial charge in [-0.15, -0.1) is 0 Å². The third-order valence-corrected chi connectivity index (χ3v) is 3.55. The summed E-state index contributed by atoms with van der Waals surface area (Å²) in [4.78, 5) is 4.27. The molecule has 1 aliphatic heterocycles. The summed E-state index contributed by atoms with van der Waals surface area (Å²) in [5.41, 5.74) is 0. The lowest BCUT2D eigenvalue weighted by Gasteiger charge is -2.33. The molecule has 4 heteroatoms. The molecule has 1 aromatic rings. The van der Waals surface area contributed by atoms with Crippen LogP contribution in [0, 0.1) is 12.8 Å². The van der Waals surface area contributed by atoms with Crippen LogP contribution in [0.1, 0.15) is 51.3 Å². The van der Waals surface area contributed by atoms with Gasteiger partial charge in [-0.1, -0.05) is 13.8 Å². The third-order valence-electron chi connectivity index (χ3n) is 3.55. The Morgan fingerprint density at radius 1 is 1.39 bits per heavy atom. The quantitative estimate of drug-likeness (QED) is 0.895. The van der Waals surface area contributed by atoms with Crippen molar-refractivity contribution in [3.63, 3.8) is 0 Å². The number of aromatic nitrogens is 1. The van der Waals surface area contributed by atoms with E-state index in [0.717, 1.165) is 31.1 Å². The summed E-state index contributed by atoms with van der Waals surface area (Å²) in [6.07, 6.45) is 4.28. The number of hydrogen-bond acceptors (Lipinski definition) is 4. The van der Waals surface area contributed by atoms with Crippen molar-refractivity contribution in [2.24, 2.45) is 5.92 Å². The van der Waals surface area contributed by atoms with Gasteiger partial charge in [0.25, 0.3) is 0 Å². The highest BCUT2D eigenvalue weighted by molar-refractivity contribution is 4.96. The largest absolute Gasteiger partial charge is 0.444 e. The zero-order chi connectivity index (χ0) is 13.1. The van der Waals surface area contributed by atoms with Crippen molar-refractivity contribution in [1.29, 1.82) is 0 Å². The molecule has 102 valence electrons. The fourth-order valence-corrected chi connectivity index (χ4v) is 2.44. The normalized spacial score (nSPS) is 26.5. The summed E-state index contributed by atoms with van der Waals surface area (Å²) in [7, 11) is 0. The summed E-state index contributed by atoms with van der Waals surface area (Å²) in [5, 5.41) is 3.60. The highest BCUT2D eigenvalue weighted by Gasteiger charge is 2.26. The SMILES string of the molecule is Cc1cnc(C(C)NC2CCOC(C(C)C)C2)o1. The number of ether oxygens (including phenoxy) is 1. The third kappa shape index (κ3) is 3.33. The average Bonchev–Trinajstić information content (AvgIpc) is 2.76. The molecule has 0 spiro atoms. The van der Waals surface area contributed by atoms with E-state index in [4.69, 9.17) is 9.15 Å². The van der Waals surface area contributed by atoms with E-state index in [1.54, 1.807) is 6.20 Å². The molecule has 18 heavy (non-hydrogen) atoms. The van der Waals surface area contributed by atoms with Crippen molar-refractivity contribution in [3.05, 3.63) is 17.8 Å². The fraction of sp³-hybridized carbons (Fsp3) is 0.786. The molecule has 1 aromatic heterocycles. The van der Waals surface area contributed by atoms with Crippen molar-refractivity contribution in [2.45, 2.75) is 58.7 Å². The molecular weight excluding hydrogens is 228 g/mol. The molecule has 0 aliphatic carbocycles. The van der Waals surface area contributed by atoms with Gasteiger partial charge in [-0.25, -0.2) is 4.98 Å².